The molecule has 11 heteroatoms. The second kappa shape index (κ2) is 11.5. The van der Waals surface area contributed by atoms with Crippen LogP contribution in [0.2, 0.25) is 0 Å². The Morgan fingerprint density at radius 1 is 1.20 bits per heavy atom. The van der Waals surface area contributed by atoms with E-state index in [9.17, 15) is 22.1 Å². The molecule has 5 nitrogen and oxygen atoms in total. The number of hydrogen-bond acceptors (Lipinski definition) is 6. The molecule has 0 spiro atoms. The fourth-order valence-corrected chi connectivity index (χ4v) is 8.02. The number of nitrogens with zero attached hydrogens (tertiary/aromatic N) is 1. The fourth-order valence-electron chi connectivity index (χ4n) is 5.97. The van der Waals surface area contributed by atoms with Gasteiger partial charge in [0.2, 0.25) is 0 Å². The summed E-state index contributed by atoms with van der Waals surface area (Å²) in [5.41, 5.74) is 1.33. The molecule has 0 aliphatic carbocycles. The van der Waals surface area contributed by atoms with Crippen LogP contribution >= 0.6 is 18.5 Å². The van der Waals surface area contributed by atoms with Gasteiger partial charge in [0.25, 0.3) is 0 Å². The number of alkyl halides is 4. The van der Waals surface area contributed by atoms with Crippen molar-refractivity contribution < 1.29 is 26.9 Å². The summed E-state index contributed by atoms with van der Waals surface area (Å²) in [7, 11) is -0.943. The minimum absolute atomic E-state index is 0.169. The summed E-state index contributed by atoms with van der Waals surface area (Å²) >= 11 is 1.25. The van der Waals surface area contributed by atoms with Crippen LogP contribution < -0.4 is 20.7 Å². The van der Waals surface area contributed by atoms with E-state index in [4.69, 9.17) is 4.74 Å². The van der Waals surface area contributed by atoms with Crippen molar-refractivity contribution in [3.8, 4) is 17.6 Å². The molecular formula is C30H34F4N3O2PS. The number of benzene rings is 2. The van der Waals surface area contributed by atoms with E-state index in [1.807, 2.05) is 6.07 Å². The first-order valence-electron chi connectivity index (χ1n) is 13.6. The predicted molar refractivity (Wildman–Crippen MR) is 161 cm³/mol. The van der Waals surface area contributed by atoms with E-state index >= 15 is 0 Å². The van der Waals surface area contributed by atoms with Crippen molar-refractivity contribution in [3.63, 3.8) is 0 Å². The van der Waals surface area contributed by atoms with Gasteiger partial charge in [-0.15, -0.1) is 11.3 Å². The first-order chi connectivity index (χ1) is 19.4. The largest absolute Gasteiger partial charge is 0.495 e. The van der Waals surface area contributed by atoms with Gasteiger partial charge < -0.3 is 19.9 Å². The molecule has 5 rings (SSSR count). The average Bonchev–Trinajstić information content (AvgIpc) is 3.54. The Labute approximate surface area is 242 Å². The molecule has 3 aromatic rings. The van der Waals surface area contributed by atoms with Gasteiger partial charge in [-0.1, -0.05) is 24.0 Å². The molecule has 2 fully saturated rings. The summed E-state index contributed by atoms with van der Waals surface area (Å²) in [6.07, 6.45) is -3.89. The molecule has 1 aromatic heterocycles. The maximum absolute atomic E-state index is 14.2. The highest BCUT2D eigenvalue weighted by atomic mass is 32.1. The predicted octanol–water partition coefficient (Wildman–Crippen LogP) is 6.71. The first kappa shape index (κ1) is 29.8. The molecule has 0 unspecified atom stereocenters. The molecule has 0 bridgehead atoms. The van der Waals surface area contributed by atoms with Crippen LogP contribution in [0.4, 0.5) is 28.9 Å². The van der Waals surface area contributed by atoms with E-state index in [0.29, 0.717) is 46.5 Å². The van der Waals surface area contributed by atoms with Gasteiger partial charge in [-0.2, -0.15) is 13.2 Å². The number of rotatable bonds is 8. The molecule has 2 atom stereocenters. The lowest BCUT2D eigenvalue weighted by atomic mass is 9.93. The third-order valence-corrected chi connectivity index (χ3v) is 10.7. The Bertz CT molecular complexity index is 1540. The Kier molecular flexibility index (Phi) is 8.35. The van der Waals surface area contributed by atoms with Crippen molar-refractivity contribution in [2.24, 2.45) is 0 Å². The van der Waals surface area contributed by atoms with E-state index in [1.165, 1.54) is 18.4 Å². The van der Waals surface area contributed by atoms with Crippen molar-refractivity contribution in [2.45, 2.75) is 43.6 Å². The lowest BCUT2D eigenvalue weighted by Gasteiger charge is -2.32. The van der Waals surface area contributed by atoms with E-state index in [1.54, 1.807) is 43.7 Å². The van der Waals surface area contributed by atoms with Crippen LogP contribution in [0.3, 0.4) is 0 Å². The number of anilines is 2. The molecule has 3 heterocycles. The Morgan fingerprint density at radius 2 is 2.00 bits per heavy atom. The lowest BCUT2D eigenvalue weighted by molar-refractivity contribution is -0.126. The number of fused-ring (bicyclic) bond motifs is 2. The molecule has 2 aromatic carbocycles. The van der Waals surface area contributed by atoms with Crippen LogP contribution in [-0.2, 0) is 11.0 Å². The monoisotopic (exact) mass is 607 g/mol. The van der Waals surface area contributed by atoms with Crippen LogP contribution in [0.1, 0.15) is 29.7 Å². The summed E-state index contributed by atoms with van der Waals surface area (Å²) < 4.78 is 73.7. The summed E-state index contributed by atoms with van der Waals surface area (Å²) in [6, 6.07) is 10.6. The van der Waals surface area contributed by atoms with E-state index in [2.05, 4.69) is 27.4 Å². The topological polar surface area (TPSA) is 53.6 Å². The van der Waals surface area contributed by atoms with Gasteiger partial charge in [-0.3, -0.25) is 4.90 Å². The minimum Gasteiger partial charge on any atom is -0.495 e. The molecule has 220 valence electrons. The van der Waals surface area contributed by atoms with Crippen LogP contribution in [0.25, 0.3) is 10.1 Å². The van der Waals surface area contributed by atoms with Crippen LogP contribution in [-0.4, -0.2) is 69.4 Å². The van der Waals surface area contributed by atoms with Crippen molar-refractivity contribution >= 4 is 45.2 Å². The quantitative estimate of drug-likeness (QED) is 0.169. The fraction of sp³-hybridized carbons (Fsp3) is 0.467. The van der Waals surface area contributed by atoms with Crippen molar-refractivity contribution in [1.29, 1.82) is 0 Å². The van der Waals surface area contributed by atoms with Gasteiger partial charge in [0.15, 0.2) is 0 Å². The number of methoxy groups -OCH3 is 1. The standard InChI is InChI=1S/C30H34F4N3O2PS/c1-39-26-15-21(40(2,3)38)10-11-24(26)35-13-5-9-27-23(17-30(32,33)34)22-7-4-8-25(28(22)41-27)36-19-29-12-6-14-37(29)18-20(31)16-29/h4,7-8,10-11,15,20,35-36H,6,12-14,16-19H2,1-3H3/t20-,29+/m1/s1. The summed E-state index contributed by atoms with van der Waals surface area (Å²) in [5.74, 6) is 6.46. The molecule has 41 heavy (non-hydrogen) atoms. The zero-order valence-corrected chi connectivity index (χ0v) is 25.0. The van der Waals surface area contributed by atoms with E-state index in [0.717, 1.165) is 29.8 Å². The summed E-state index contributed by atoms with van der Waals surface area (Å²) in [5, 5.41) is 7.83. The zero-order chi connectivity index (χ0) is 29.4. The Morgan fingerprint density at radius 3 is 2.73 bits per heavy atom. The van der Waals surface area contributed by atoms with Gasteiger partial charge in [0.05, 0.1) is 41.0 Å². The van der Waals surface area contributed by atoms with Gasteiger partial charge in [0.1, 0.15) is 19.1 Å². The van der Waals surface area contributed by atoms with Gasteiger partial charge in [-0.05, 0) is 74.4 Å². The Balaban J connectivity index is 1.39. The van der Waals surface area contributed by atoms with Gasteiger partial charge in [0, 0.05) is 23.9 Å². The number of ether oxygens (including phenoxy) is 1. The molecular weight excluding hydrogens is 573 g/mol. The molecule has 2 aliphatic heterocycles. The molecule has 0 saturated carbocycles. The third kappa shape index (κ3) is 6.53. The second-order valence-electron chi connectivity index (χ2n) is 11.2. The number of thiophene rings is 1. The minimum atomic E-state index is -4.39. The maximum Gasteiger partial charge on any atom is 0.393 e. The van der Waals surface area contributed by atoms with Crippen LogP contribution in [0.5, 0.6) is 5.75 Å². The van der Waals surface area contributed by atoms with Crippen LogP contribution in [0.15, 0.2) is 36.4 Å². The van der Waals surface area contributed by atoms with Gasteiger partial charge in [-0.25, -0.2) is 4.39 Å². The SMILES string of the molecule is COc1cc(P(C)(C)=O)ccc1NCC#Cc1sc2c(NC[C@@]34CCCN3C[C@H](F)C4)cccc2c1CC(F)(F)F. The number of halogens is 4. The zero-order valence-electron chi connectivity index (χ0n) is 23.3. The summed E-state index contributed by atoms with van der Waals surface area (Å²) in [6.45, 7) is 5.42. The van der Waals surface area contributed by atoms with Crippen molar-refractivity contribution in [1.82, 2.24) is 4.90 Å². The van der Waals surface area contributed by atoms with E-state index in [-0.39, 0.29) is 17.6 Å². The van der Waals surface area contributed by atoms with E-state index < -0.39 is 25.9 Å². The van der Waals surface area contributed by atoms with Gasteiger partial charge >= 0.3 is 6.18 Å². The highest BCUT2D eigenvalue weighted by Gasteiger charge is 2.48. The first-order valence-corrected chi connectivity index (χ1v) is 17.0. The number of hydrogen-bond donors (Lipinski definition) is 2. The van der Waals surface area contributed by atoms with Crippen molar-refractivity contribution in [3.05, 3.63) is 46.8 Å². The smallest absolute Gasteiger partial charge is 0.393 e. The normalized spacial score (nSPS) is 21.0. The highest BCUT2D eigenvalue weighted by molar-refractivity contribution is 7.70. The van der Waals surface area contributed by atoms with Crippen molar-refractivity contribution in [2.75, 3.05) is 57.3 Å². The highest BCUT2D eigenvalue weighted by Crippen LogP contribution is 2.43. The summed E-state index contributed by atoms with van der Waals surface area (Å²) in [4.78, 5) is 2.59. The second-order valence-corrected chi connectivity index (χ2v) is 15.4. The lowest BCUT2D eigenvalue weighted by Crippen LogP contribution is -2.44. The maximum atomic E-state index is 14.2. The molecule has 2 saturated heterocycles. The molecule has 2 aliphatic rings. The third-order valence-electron chi connectivity index (χ3n) is 7.94. The Hall–Kier alpha value is -2.73. The molecule has 2 N–H and O–H groups in total. The average molecular weight is 608 g/mol. The molecule has 0 amide bonds. The number of nitrogens with one attached hydrogen (secondary N) is 2. The van der Waals surface area contributed by atoms with Crippen LogP contribution in [0, 0.1) is 11.8 Å². The molecule has 0 radical (unpaired) electrons.